The first-order valence-corrected chi connectivity index (χ1v) is 9.51. The SMILES string of the molecule is CC(C)Cc1nnc2n1CC1CCC(C2)N1C(=O)COc1ccccc1. The van der Waals surface area contributed by atoms with Crippen molar-refractivity contribution in [2.24, 2.45) is 5.92 Å². The molecule has 0 radical (unpaired) electrons. The number of rotatable bonds is 5. The number of nitrogens with zero attached hydrogens (tertiary/aromatic N) is 4. The number of hydrogen-bond acceptors (Lipinski definition) is 4. The Balaban J connectivity index is 1.47. The minimum atomic E-state index is 0.0745. The van der Waals surface area contributed by atoms with Gasteiger partial charge in [-0.2, -0.15) is 0 Å². The van der Waals surface area contributed by atoms with Crippen LogP contribution in [0.4, 0.5) is 0 Å². The quantitative estimate of drug-likeness (QED) is 0.828. The minimum absolute atomic E-state index is 0.0745. The van der Waals surface area contributed by atoms with Crippen molar-refractivity contribution in [3.63, 3.8) is 0 Å². The average Bonchev–Trinajstić information content (AvgIpc) is 3.12. The number of carbonyl (C=O) groups is 1. The van der Waals surface area contributed by atoms with Gasteiger partial charge >= 0.3 is 0 Å². The van der Waals surface area contributed by atoms with Crippen molar-refractivity contribution in [2.75, 3.05) is 6.61 Å². The summed E-state index contributed by atoms with van der Waals surface area (Å²) in [4.78, 5) is 14.9. The maximum absolute atomic E-state index is 12.9. The molecule has 2 aliphatic heterocycles. The standard InChI is InChI=1S/C20H26N4O2/c1-14(2)10-18-21-22-19-11-15-8-9-16(12-23(18)19)24(15)20(25)13-26-17-6-4-3-5-7-17/h3-7,14-16H,8-13H2,1-2H3. The molecule has 1 fully saturated rings. The smallest absolute Gasteiger partial charge is 0.261 e. The van der Waals surface area contributed by atoms with E-state index in [1.807, 2.05) is 30.3 Å². The van der Waals surface area contributed by atoms with E-state index in [4.69, 9.17) is 4.74 Å². The lowest BCUT2D eigenvalue weighted by molar-refractivity contribution is -0.136. The maximum Gasteiger partial charge on any atom is 0.261 e. The molecule has 0 spiro atoms. The van der Waals surface area contributed by atoms with E-state index in [9.17, 15) is 4.79 Å². The second-order valence-corrected chi connectivity index (χ2v) is 7.73. The molecule has 26 heavy (non-hydrogen) atoms. The lowest BCUT2D eigenvalue weighted by Gasteiger charge is -2.28. The second-order valence-electron chi connectivity index (χ2n) is 7.73. The normalized spacial score (nSPS) is 21.6. The molecule has 1 amide bonds. The molecule has 2 aliphatic rings. The van der Waals surface area contributed by atoms with Crippen LogP contribution in [0.25, 0.3) is 0 Å². The molecule has 3 heterocycles. The third-order valence-electron chi connectivity index (χ3n) is 5.32. The molecular weight excluding hydrogens is 328 g/mol. The van der Waals surface area contributed by atoms with E-state index in [0.29, 0.717) is 5.92 Å². The van der Waals surface area contributed by atoms with Gasteiger partial charge in [-0.15, -0.1) is 10.2 Å². The number of ether oxygens (including phenoxy) is 1. The summed E-state index contributed by atoms with van der Waals surface area (Å²) in [5.74, 6) is 3.43. The van der Waals surface area contributed by atoms with E-state index >= 15 is 0 Å². The van der Waals surface area contributed by atoms with Crippen LogP contribution in [0.5, 0.6) is 5.75 Å². The van der Waals surface area contributed by atoms with Crippen molar-refractivity contribution in [1.29, 1.82) is 0 Å². The molecule has 0 saturated carbocycles. The Bertz CT molecular complexity index is 771. The zero-order valence-electron chi connectivity index (χ0n) is 15.5. The fourth-order valence-electron chi connectivity index (χ4n) is 4.16. The maximum atomic E-state index is 12.9. The van der Waals surface area contributed by atoms with E-state index in [1.54, 1.807) is 0 Å². The third-order valence-corrected chi connectivity index (χ3v) is 5.32. The van der Waals surface area contributed by atoms with Crippen LogP contribution in [-0.4, -0.2) is 44.3 Å². The number of fused-ring (bicyclic) bond motifs is 3. The van der Waals surface area contributed by atoms with E-state index < -0.39 is 0 Å². The Kier molecular flexibility index (Phi) is 4.66. The lowest BCUT2D eigenvalue weighted by Crippen LogP contribution is -2.44. The molecule has 138 valence electrons. The summed E-state index contributed by atoms with van der Waals surface area (Å²) in [5.41, 5.74) is 0. The largest absolute Gasteiger partial charge is 0.484 e. The van der Waals surface area contributed by atoms with Crippen LogP contribution in [0.2, 0.25) is 0 Å². The van der Waals surface area contributed by atoms with Crippen molar-refractivity contribution >= 4 is 5.91 Å². The molecule has 4 rings (SSSR count). The Morgan fingerprint density at radius 2 is 1.96 bits per heavy atom. The van der Waals surface area contributed by atoms with Crippen molar-refractivity contribution in [1.82, 2.24) is 19.7 Å². The summed E-state index contributed by atoms with van der Waals surface area (Å²) in [7, 11) is 0. The number of aromatic nitrogens is 3. The van der Waals surface area contributed by atoms with Gasteiger partial charge in [0, 0.05) is 25.4 Å². The fraction of sp³-hybridized carbons (Fsp3) is 0.550. The van der Waals surface area contributed by atoms with Crippen LogP contribution in [0.15, 0.2) is 30.3 Å². The Morgan fingerprint density at radius 1 is 1.19 bits per heavy atom. The van der Waals surface area contributed by atoms with Gasteiger partial charge < -0.3 is 14.2 Å². The first-order valence-electron chi connectivity index (χ1n) is 9.51. The third kappa shape index (κ3) is 3.32. The van der Waals surface area contributed by atoms with Gasteiger partial charge in [0.05, 0.1) is 6.04 Å². The first kappa shape index (κ1) is 17.1. The zero-order valence-corrected chi connectivity index (χ0v) is 15.5. The Morgan fingerprint density at radius 3 is 2.73 bits per heavy atom. The fourth-order valence-corrected chi connectivity index (χ4v) is 4.16. The highest BCUT2D eigenvalue weighted by molar-refractivity contribution is 5.79. The molecule has 2 unspecified atom stereocenters. The summed E-state index contributed by atoms with van der Waals surface area (Å²) in [6, 6.07) is 9.95. The van der Waals surface area contributed by atoms with Gasteiger partial charge in [0.15, 0.2) is 6.61 Å². The van der Waals surface area contributed by atoms with Gasteiger partial charge in [-0.05, 0) is 30.9 Å². The molecule has 1 aromatic carbocycles. The summed E-state index contributed by atoms with van der Waals surface area (Å²) in [5, 5.41) is 8.83. The number of benzene rings is 1. The lowest BCUT2D eigenvalue weighted by atomic mass is 10.1. The van der Waals surface area contributed by atoms with Gasteiger partial charge in [-0.25, -0.2) is 0 Å². The van der Waals surface area contributed by atoms with Crippen molar-refractivity contribution in [3.8, 4) is 5.75 Å². The highest BCUT2D eigenvalue weighted by atomic mass is 16.5. The number of hydrogen-bond donors (Lipinski definition) is 0. The van der Waals surface area contributed by atoms with E-state index in [0.717, 1.165) is 49.6 Å². The molecule has 6 heteroatoms. The molecule has 1 aromatic heterocycles. The monoisotopic (exact) mass is 354 g/mol. The average molecular weight is 354 g/mol. The highest BCUT2D eigenvalue weighted by Gasteiger charge is 2.41. The highest BCUT2D eigenvalue weighted by Crippen LogP contribution is 2.32. The predicted molar refractivity (Wildman–Crippen MR) is 97.9 cm³/mol. The summed E-state index contributed by atoms with van der Waals surface area (Å²) < 4.78 is 7.95. The molecule has 6 nitrogen and oxygen atoms in total. The Hall–Kier alpha value is -2.37. The predicted octanol–water partition coefficient (Wildman–Crippen LogP) is 2.47. The Labute approximate surface area is 154 Å². The van der Waals surface area contributed by atoms with E-state index in [-0.39, 0.29) is 24.6 Å². The van der Waals surface area contributed by atoms with Crippen LogP contribution >= 0.6 is 0 Å². The molecular formula is C20H26N4O2. The van der Waals surface area contributed by atoms with E-state index in [2.05, 4.69) is 33.5 Å². The number of amides is 1. The van der Waals surface area contributed by atoms with Gasteiger partial charge in [0.2, 0.25) is 0 Å². The van der Waals surface area contributed by atoms with Crippen molar-refractivity contribution in [2.45, 2.75) is 58.2 Å². The summed E-state index contributed by atoms with van der Waals surface area (Å²) in [6.07, 6.45) is 3.79. The van der Waals surface area contributed by atoms with Gasteiger partial charge in [0.1, 0.15) is 17.4 Å². The van der Waals surface area contributed by atoms with Gasteiger partial charge in [-0.1, -0.05) is 32.0 Å². The van der Waals surface area contributed by atoms with Crippen molar-refractivity contribution < 1.29 is 9.53 Å². The van der Waals surface area contributed by atoms with Crippen molar-refractivity contribution in [3.05, 3.63) is 42.0 Å². The number of carbonyl (C=O) groups excluding carboxylic acids is 1. The molecule has 2 aromatic rings. The van der Waals surface area contributed by atoms with Crippen LogP contribution in [0.3, 0.4) is 0 Å². The van der Waals surface area contributed by atoms with E-state index in [1.165, 1.54) is 0 Å². The second kappa shape index (κ2) is 7.09. The zero-order chi connectivity index (χ0) is 18.1. The number of para-hydroxylation sites is 1. The molecule has 0 aliphatic carbocycles. The molecule has 2 bridgehead atoms. The van der Waals surface area contributed by atoms with Crippen LogP contribution in [0, 0.1) is 5.92 Å². The van der Waals surface area contributed by atoms with Crippen LogP contribution in [0.1, 0.15) is 38.3 Å². The first-order chi connectivity index (χ1) is 12.6. The minimum Gasteiger partial charge on any atom is -0.484 e. The van der Waals surface area contributed by atoms with Crippen LogP contribution < -0.4 is 4.74 Å². The van der Waals surface area contributed by atoms with Crippen LogP contribution in [-0.2, 0) is 24.2 Å². The molecule has 1 saturated heterocycles. The van der Waals surface area contributed by atoms with Gasteiger partial charge in [-0.3, -0.25) is 4.79 Å². The topological polar surface area (TPSA) is 60.2 Å². The molecule has 2 atom stereocenters. The summed E-state index contributed by atoms with van der Waals surface area (Å²) in [6.45, 7) is 5.29. The molecule has 0 N–H and O–H groups in total. The summed E-state index contributed by atoms with van der Waals surface area (Å²) >= 11 is 0. The van der Waals surface area contributed by atoms with Gasteiger partial charge in [0.25, 0.3) is 5.91 Å².